The standard InChI is InChI=1S/C26H31BrN2O4/c1-26(2,3)33-25(31)28-15-17-5-4-6-19(13-17)18-9-11-29(12-10-18)24(30)20-7-8-23-21(14-20)22(27)16-32-23/h4-8,13-14,18,22H,9-12,15-16H2,1-3H3,(H,28,31). The van der Waals surface area contributed by atoms with Crippen molar-refractivity contribution >= 4 is 27.9 Å². The Morgan fingerprint density at radius 1 is 1.15 bits per heavy atom. The van der Waals surface area contributed by atoms with Gasteiger partial charge < -0.3 is 19.7 Å². The number of nitrogens with zero attached hydrogens (tertiary/aromatic N) is 1. The van der Waals surface area contributed by atoms with E-state index < -0.39 is 11.7 Å². The summed E-state index contributed by atoms with van der Waals surface area (Å²) in [6.07, 6.45) is 1.43. The average molecular weight is 515 g/mol. The molecule has 1 saturated heterocycles. The molecule has 2 aliphatic rings. The van der Waals surface area contributed by atoms with Crippen LogP contribution in [0.3, 0.4) is 0 Å². The van der Waals surface area contributed by atoms with Crippen LogP contribution in [0.4, 0.5) is 4.79 Å². The number of carbonyl (C=O) groups excluding carboxylic acids is 2. The number of piperidine rings is 1. The maximum absolute atomic E-state index is 13.1. The molecule has 176 valence electrons. The van der Waals surface area contributed by atoms with Gasteiger partial charge >= 0.3 is 6.09 Å². The highest BCUT2D eigenvalue weighted by molar-refractivity contribution is 9.09. The molecule has 2 heterocycles. The molecule has 2 amide bonds. The van der Waals surface area contributed by atoms with Crippen LogP contribution in [0.1, 0.15) is 71.4 Å². The molecule has 1 unspecified atom stereocenters. The minimum absolute atomic E-state index is 0.0816. The van der Waals surface area contributed by atoms with Crippen molar-refractivity contribution in [2.24, 2.45) is 0 Å². The maximum Gasteiger partial charge on any atom is 0.407 e. The number of halogens is 1. The summed E-state index contributed by atoms with van der Waals surface area (Å²) in [5.41, 5.74) is 3.55. The van der Waals surface area contributed by atoms with Crippen LogP contribution in [-0.4, -0.2) is 42.2 Å². The zero-order chi connectivity index (χ0) is 23.6. The Hall–Kier alpha value is -2.54. The first kappa shape index (κ1) is 23.6. The number of hydrogen-bond donors (Lipinski definition) is 1. The third-order valence-corrected chi connectivity index (χ3v) is 6.78. The number of alkyl carbamates (subject to hydrolysis) is 1. The fourth-order valence-electron chi connectivity index (χ4n) is 4.35. The minimum atomic E-state index is -0.513. The molecule has 4 rings (SSSR count). The molecule has 7 heteroatoms. The Kier molecular flexibility index (Phi) is 6.98. The van der Waals surface area contributed by atoms with E-state index in [1.54, 1.807) is 0 Å². The lowest BCUT2D eigenvalue weighted by Crippen LogP contribution is -2.38. The lowest BCUT2D eigenvalue weighted by atomic mass is 9.88. The Bertz CT molecular complexity index is 1030. The van der Waals surface area contributed by atoms with Crippen molar-refractivity contribution < 1.29 is 19.1 Å². The third-order valence-electron chi connectivity index (χ3n) is 6.02. The lowest BCUT2D eigenvalue weighted by Gasteiger charge is -2.32. The summed E-state index contributed by atoms with van der Waals surface area (Å²) >= 11 is 3.61. The Morgan fingerprint density at radius 3 is 2.64 bits per heavy atom. The fraction of sp³-hybridized carbons (Fsp3) is 0.462. The van der Waals surface area contributed by atoms with E-state index >= 15 is 0 Å². The highest BCUT2D eigenvalue weighted by Crippen LogP contribution is 2.38. The molecule has 33 heavy (non-hydrogen) atoms. The minimum Gasteiger partial charge on any atom is -0.492 e. The van der Waals surface area contributed by atoms with E-state index in [0.717, 1.165) is 48.4 Å². The second-order valence-electron chi connectivity index (χ2n) is 9.70. The van der Waals surface area contributed by atoms with Crippen LogP contribution >= 0.6 is 15.9 Å². The van der Waals surface area contributed by atoms with Crippen LogP contribution in [0.25, 0.3) is 0 Å². The SMILES string of the molecule is CC(C)(C)OC(=O)NCc1cccc(C2CCN(C(=O)c3ccc4c(c3)C(Br)CO4)CC2)c1. The zero-order valence-electron chi connectivity index (χ0n) is 19.4. The normalized spacial score (nSPS) is 18.4. The highest BCUT2D eigenvalue weighted by Gasteiger charge is 2.27. The molecule has 6 nitrogen and oxygen atoms in total. The Balaban J connectivity index is 1.33. The van der Waals surface area contributed by atoms with Gasteiger partial charge in [-0.15, -0.1) is 0 Å². The molecule has 0 bridgehead atoms. The van der Waals surface area contributed by atoms with Gasteiger partial charge in [0.1, 0.15) is 18.0 Å². The molecular weight excluding hydrogens is 484 g/mol. The van der Waals surface area contributed by atoms with E-state index in [4.69, 9.17) is 9.47 Å². The fourth-order valence-corrected chi connectivity index (χ4v) is 4.84. The first-order valence-corrected chi connectivity index (χ1v) is 12.4. The molecule has 1 N–H and O–H groups in total. The van der Waals surface area contributed by atoms with E-state index in [2.05, 4.69) is 33.4 Å². The number of amides is 2. The van der Waals surface area contributed by atoms with Gasteiger partial charge in [0.05, 0.1) is 4.83 Å². The quantitative estimate of drug-likeness (QED) is 0.542. The van der Waals surface area contributed by atoms with Crippen LogP contribution < -0.4 is 10.1 Å². The van der Waals surface area contributed by atoms with E-state index in [1.165, 1.54) is 5.56 Å². The summed E-state index contributed by atoms with van der Waals surface area (Å²) in [4.78, 5) is 27.1. The predicted octanol–water partition coefficient (Wildman–Crippen LogP) is 5.56. The molecule has 0 aromatic heterocycles. The number of ether oxygens (including phenoxy) is 2. The van der Waals surface area contributed by atoms with Crippen molar-refractivity contribution in [3.05, 3.63) is 64.7 Å². The van der Waals surface area contributed by atoms with Gasteiger partial charge in [-0.05, 0) is 68.9 Å². The van der Waals surface area contributed by atoms with E-state index in [0.29, 0.717) is 19.1 Å². The van der Waals surface area contributed by atoms with Gasteiger partial charge in [-0.25, -0.2) is 4.79 Å². The van der Waals surface area contributed by atoms with Crippen LogP contribution in [0, 0.1) is 0 Å². The molecular formula is C26H31BrN2O4. The van der Waals surface area contributed by atoms with Crippen LogP contribution in [0.5, 0.6) is 5.75 Å². The topological polar surface area (TPSA) is 67.9 Å². The number of benzene rings is 2. The Labute approximate surface area is 203 Å². The lowest BCUT2D eigenvalue weighted by molar-refractivity contribution is 0.0523. The van der Waals surface area contributed by atoms with Gasteiger partial charge in [0.25, 0.3) is 5.91 Å². The molecule has 0 saturated carbocycles. The number of carbonyl (C=O) groups is 2. The van der Waals surface area contributed by atoms with Crippen molar-refractivity contribution in [3.63, 3.8) is 0 Å². The van der Waals surface area contributed by atoms with Gasteiger partial charge in [-0.1, -0.05) is 40.2 Å². The summed E-state index contributed by atoms with van der Waals surface area (Å²) in [7, 11) is 0. The van der Waals surface area contributed by atoms with Gasteiger partial charge in [0.15, 0.2) is 0 Å². The summed E-state index contributed by atoms with van der Waals surface area (Å²) in [6.45, 7) is 8.04. The molecule has 2 aromatic rings. The van der Waals surface area contributed by atoms with Gasteiger partial charge in [-0.3, -0.25) is 4.79 Å². The van der Waals surface area contributed by atoms with Crippen molar-refractivity contribution in [1.29, 1.82) is 0 Å². The molecule has 0 radical (unpaired) electrons. The number of rotatable bonds is 4. The summed E-state index contributed by atoms with van der Waals surface area (Å²) < 4.78 is 10.9. The number of hydrogen-bond acceptors (Lipinski definition) is 4. The van der Waals surface area contributed by atoms with E-state index in [9.17, 15) is 9.59 Å². The molecule has 2 aliphatic heterocycles. The third kappa shape index (κ3) is 5.88. The van der Waals surface area contributed by atoms with Gasteiger partial charge in [0, 0.05) is 30.8 Å². The maximum atomic E-state index is 13.1. The van der Waals surface area contributed by atoms with E-state index in [1.807, 2.05) is 56.0 Å². The molecule has 0 spiro atoms. The second-order valence-corrected chi connectivity index (χ2v) is 10.8. The first-order chi connectivity index (χ1) is 15.7. The number of alkyl halides is 1. The second kappa shape index (κ2) is 9.75. The number of nitrogens with one attached hydrogen (secondary N) is 1. The monoisotopic (exact) mass is 514 g/mol. The summed E-state index contributed by atoms with van der Waals surface area (Å²) in [5.74, 6) is 1.34. The zero-order valence-corrected chi connectivity index (χ0v) is 21.0. The molecule has 1 fully saturated rings. The van der Waals surface area contributed by atoms with Crippen molar-refractivity contribution in [1.82, 2.24) is 10.2 Å². The highest BCUT2D eigenvalue weighted by atomic mass is 79.9. The van der Waals surface area contributed by atoms with Gasteiger partial charge in [-0.2, -0.15) is 0 Å². The van der Waals surface area contributed by atoms with Gasteiger partial charge in [0.2, 0.25) is 0 Å². The van der Waals surface area contributed by atoms with Crippen LogP contribution in [0.2, 0.25) is 0 Å². The predicted molar refractivity (Wildman–Crippen MR) is 131 cm³/mol. The number of likely N-dealkylation sites (tertiary alicyclic amines) is 1. The number of fused-ring (bicyclic) bond motifs is 1. The van der Waals surface area contributed by atoms with Crippen LogP contribution in [0.15, 0.2) is 42.5 Å². The smallest absolute Gasteiger partial charge is 0.407 e. The average Bonchev–Trinajstić information content (AvgIpc) is 3.16. The largest absolute Gasteiger partial charge is 0.492 e. The molecule has 1 atom stereocenters. The van der Waals surface area contributed by atoms with Crippen molar-refractivity contribution in [2.75, 3.05) is 19.7 Å². The van der Waals surface area contributed by atoms with Crippen molar-refractivity contribution in [2.45, 2.75) is 56.5 Å². The van der Waals surface area contributed by atoms with Crippen molar-refractivity contribution in [3.8, 4) is 5.75 Å². The van der Waals surface area contributed by atoms with E-state index in [-0.39, 0.29) is 10.7 Å². The van der Waals surface area contributed by atoms with Crippen LogP contribution in [-0.2, 0) is 11.3 Å². The first-order valence-electron chi connectivity index (χ1n) is 11.5. The molecule has 0 aliphatic carbocycles. The Morgan fingerprint density at radius 2 is 1.91 bits per heavy atom. The molecule has 2 aromatic carbocycles. The summed E-state index contributed by atoms with van der Waals surface area (Å²) in [6, 6.07) is 14.0. The summed E-state index contributed by atoms with van der Waals surface area (Å²) in [5, 5.41) is 2.82.